The van der Waals surface area contributed by atoms with Gasteiger partial charge < -0.3 is 16.4 Å². The van der Waals surface area contributed by atoms with Crippen LogP contribution in [0.5, 0.6) is 0 Å². The summed E-state index contributed by atoms with van der Waals surface area (Å²) < 4.78 is 0. The van der Waals surface area contributed by atoms with E-state index in [-0.39, 0.29) is 11.8 Å². The number of aryl methyl sites for hydroxylation is 1. The summed E-state index contributed by atoms with van der Waals surface area (Å²) >= 11 is 0. The third-order valence-corrected chi connectivity index (χ3v) is 3.06. The molecule has 1 unspecified atom stereocenters. The van der Waals surface area contributed by atoms with Crippen molar-refractivity contribution in [2.24, 2.45) is 11.7 Å². The predicted octanol–water partition coefficient (Wildman–Crippen LogP) is 0.889. The monoisotopic (exact) mass is 219 g/mol. The summed E-state index contributed by atoms with van der Waals surface area (Å²) in [6, 6.07) is 5.64. The van der Waals surface area contributed by atoms with E-state index < -0.39 is 0 Å². The molecule has 1 atom stereocenters. The second-order valence-electron chi connectivity index (χ2n) is 4.36. The van der Waals surface area contributed by atoms with Crippen molar-refractivity contribution in [1.82, 2.24) is 0 Å². The molecule has 1 amide bonds. The van der Waals surface area contributed by atoms with Gasteiger partial charge >= 0.3 is 0 Å². The molecule has 0 saturated carbocycles. The van der Waals surface area contributed by atoms with Crippen LogP contribution in [0, 0.1) is 12.8 Å². The second kappa shape index (κ2) is 4.14. The number of nitrogen functional groups attached to an aromatic ring is 1. The number of rotatable bonds is 2. The molecule has 4 heteroatoms. The van der Waals surface area contributed by atoms with Gasteiger partial charge in [0.15, 0.2) is 0 Å². The molecule has 0 bridgehead atoms. The van der Waals surface area contributed by atoms with Crippen molar-refractivity contribution in [3.63, 3.8) is 0 Å². The summed E-state index contributed by atoms with van der Waals surface area (Å²) in [5, 5.41) is 0. The first-order chi connectivity index (χ1) is 7.61. The van der Waals surface area contributed by atoms with Crippen LogP contribution in [0.4, 0.5) is 11.4 Å². The molecule has 0 aliphatic carbocycles. The summed E-state index contributed by atoms with van der Waals surface area (Å²) in [7, 11) is 0. The van der Waals surface area contributed by atoms with Gasteiger partial charge in [-0.2, -0.15) is 0 Å². The fraction of sp³-hybridized carbons (Fsp3) is 0.417. The van der Waals surface area contributed by atoms with Gasteiger partial charge in [-0.3, -0.25) is 4.79 Å². The second-order valence-corrected chi connectivity index (χ2v) is 4.36. The zero-order valence-electron chi connectivity index (χ0n) is 9.44. The highest BCUT2D eigenvalue weighted by Crippen LogP contribution is 2.28. The fourth-order valence-electron chi connectivity index (χ4n) is 2.09. The molecule has 86 valence electrons. The number of benzene rings is 1. The van der Waals surface area contributed by atoms with Crippen molar-refractivity contribution in [2.45, 2.75) is 13.3 Å². The number of hydrogen-bond acceptors (Lipinski definition) is 3. The summed E-state index contributed by atoms with van der Waals surface area (Å²) in [4.78, 5) is 13.6. The summed E-state index contributed by atoms with van der Waals surface area (Å²) in [5.74, 6) is 0.414. The molecule has 1 heterocycles. The van der Waals surface area contributed by atoms with Crippen molar-refractivity contribution in [3.05, 3.63) is 23.8 Å². The molecule has 0 spiro atoms. The Hall–Kier alpha value is -1.55. The summed E-state index contributed by atoms with van der Waals surface area (Å²) in [5.41, 5.74) is 14.0. The number of carbonyl (C=O) groups is 1. The van der Waals surface area contributed by atoms with Crippen molar-refractivity contribution in [1.29, 1.82) is 0 Å². The van der Waals surface area contributed by atoms with Gasteiger partial charge in [0.1, 0.15) is 0 Å². The quantitative estimate of drug-likeness (QED) is 0.725. The number of amides is 1. The Labute approximate surface area is 95.2 Å². The average molecular weight is 219 g/mol. The lowest BCUT2D eigenvalue weighted by Gasteiger charge is -2.19. The van der Waals surface area contributed by atoms with E-state index in [0.717, 1.165) is 11.3 Å². The fourth-order valence-corrected chi connectivity index (χ4v) is 2.09. The van der Waals surface area contributed by atoms with Crippen molar-refractivity contribution < 1.29 is 4.79 Å². The van der Waals surface area contributed by atoms with Gasteiger partial charge in [-0.15, -0.1) is 0 Å². The smallest absolute Gasteiger partial charge is 0.227 e. The maximum absolute atomic E-state index is 11.8. The van der Waals surface area contributed by atoms with E-state index in [1.54, 1.807) is 4.90 Å². The number of hydrogen-bond donors (Lipinski definition) is 2. The minimum atomic E-state index is 0.143. The van der Waals surface area contributed by atoms with Crippen LogP contribution in [0.2, 0.25) is 0 Å². The highest BCUT2D eigenvalue weighted by atomic mass is 16.2. The molecule has 0 aromatic heterocycles. The molecular formula is C12H17N3O. The van der Waals surface area contributed by atoms with Gasteiger partial charge in [0.25, 0.3) is 0 Å². The van der Waals surface area contributed by atoms with Crippen molar-refractivity contribution in [3.8, 4) is 0 Å². The molecule has 1 fully saturated rings. The lowest BCUT2D eigenvalue weighted by Crippen LogP contribution is -2.26. The third kappa shape index (κ3) is 1.88. The molecule has 4 nitrogen and oxygen atoms in total. The molecule has 1 saturated heterocycles. The molecule has 16 heavy (non-hydrogen) atoms. The minimum absolute atomic E-state index is 0.143. The Balaban J connectivity index is 2.30. The minimum Gasteiger partial charge on any atom is -0.399 e. The molecule has 4 N–H and O–H groups in total. The van der Waals surface area contributed by atoms with E-state index in [0.29, 0.717) is 25.2 Å². The number of nitrogens with two attached hydrogens (primary N) is 2. The van der Waals surface area contributed by atoms with Crippen LogP contribution in [0.15, 0.2) is 18.2 Å². The maximum atomic E-state index is 11.8. The lowest BCUT2D eigenvalue weighted by molar-refractivity contribution is -0.117. The Bertz CT molecular complexity index is 417. The van der Waals surface area contributed by atoms with Crippen LogP contribution in [0.1, 0.15) is 12.0 Å². The highest BCUT2D eigenvalue weighted by molar-refractivity contribution is 5.96. The molecule has 1 aromatic carbocycles. The SMILES string of the molecule is Cc1ccc(N)cc1N1CC(CN)CC1=O. The van der Waals surface area contributed by atoms with E-state index in [9.17, 15) is 4.79 Å². The van der Waals surface area contributed by atoms with Crippen LogP contribution >= 0.6 is 0 Å². The Morgan fingerprint density at radius 1 is 1.50 bits per heavy atom. The van der Waals surface area contributed by atoms with Gasteiger partial charge in [-0.1, -0.05) is 6.07 Å². The molecule has 0 radical (unpaired) electrons. The molecule has 1 aliphatic heterocycles. The van der Waals surface area contributed by atoms with Crippen LogP contribution in [-0.2, 0) is 4.79 Å². The van der Waals surface area contributed by atoms with Gasteiger partial charge in [0.2, 0.25) is 5.91 Å². The number of nitrogens with zero attached hydrogens (tertiary/aromatic N) is 1. The third-order valence-electron chi connectivity index (χ3n) is 3.06. The predicted molar refractivity (Wildman–Crippen MR) is 65.1 cm³/mol. The Morgan fingerprint density at radius 3 is 2.88 bits per heavy atom. The van der Waals surface area contributed by atoms with Crippen LogP contribution in [-0.4, -0.2) is 19.0 Å². The van der Waals surface area contributed by atoms with E-state index in [1.165, 1.54) is 0 Å². The Morgan fingerprint density at radius 2 is 2.25 bits per heavy atom. The Kier molecular flexibility index (Phi) is 2.83. The lowest BCUT2D eigenvalue weighted by atomic mass is 10.1. The van der Waals surface area contributed by atoms with E-state index >= 15 is 0 Å². The van der Waals surface area contributed by atoms with Crippen LogP contribution in [0.25, 0.3) is 0 Å². The first-order valence-corrected chi connectivity index (χ1v) is 5.48. The number of carbonyl (C=O) groups excluding carboxylic acids is 1. The number of anilines is 2. The topological polar surface area (TPSA) is 72.3 Å². The van der Waals surface area contributed by atoms with E-state index in [1.807, 2.05) is 25.1 Å². The molecule has 2 rings (SSSR count). The summed E-state index contributed by atoms with van der Waals surface area (Å²) in [6.45, 7) is 3.25. The first kappa shape index (κ1) is 11.0. The average Bonchev–Trinajstić information content (AvgIpc) is 2.63. The molecular weight excluding hydrogens is 202 g/mol. The standard InChI is InChI=1S/C12H17N3O/c1-8-2-3-10(14)5-11(8)15-7-9(6-13)4-12(15)16/h2-3,5,9H,4,6-7,13-14H2,1H3. The van der Waals surface area contributed by atoms with Gasteiger partial charge in [-0.25, -0.2) is 0 Å². The zero-order valence-corrected chi connectivity index (χ0v) is 9.44. The molecule has 1 aliphatic rings. The first-order valence-electron chi connectivity index (χ1n) is 5.48. The summed E-state index contributed by atoms with van der Waals surface area (Å²) in [6.07, 6.45) is 0.546. The zero-order chi connectivity index (χ0) is 11.7. The normalized spacial score (nSPS) is 20.5. The van der Waals surface area contributed by atoms with Crippen LogP contribution < -0.4 is 16.4 Å². The van der Waals surface area contributed by atoms with Crippen LogP contribution in [0.3, 0.4) is 0 Å². The van der Waals surface area contributed by atoms with Gasteiger partial charge in [0, 0.05) is 24.3 Å². The van der Waals surface area contributed by atoms with Crippen molar-refractivity contribution >= 4 is 17.3 Å². The largest absolute Gasteiger partial charge is 0.399 e. The maximum Gasteiger partial charge on any atom is 0.227 e. The molecule has 1 aromatic rings. The van der Waals surface area contributed by atoms with E-state index in [4.69, 9.17) is 11.5 Å². The van der Waals surface area contributed by atoms with Crippen molar-refractivity contribution in [2.75, 3.05) is 23.7 Å². The van der Waals surface area contributed by atoms with Gasteiger partial charge in [0.05, 0.1) is 0 Å². The highest BCUT2D eigenvalue weighted by Gasteiger charge is 2.30. The van der Waals surface area contributed by atoms with E-state index in [2.05, 4.69) is 0 Å². The van der Waals surface area contributed by atoms with Gasteiger partial charge in [-0.05, 0) is 37.1 Å².